The number of unbranched alkanes of at least 4 members (excludes halogenated alkanes) is 1. The lowest BCUT2D eigenvalue weighted by Crippen LogP contribution is -2.57. The van der Waals surface area contributed by atoms with Crippen LogP contribution in [0.3, 0.4) is 0 Å². The molecule has 1 N–H and O–H groups in total. The van der Waals surface area contributed by atoms with E-state index >= 15 is 0 Å². The zero-order valence-electron chi connectivity index (χ0n) is 22.2. The Morgan fingerprint density at radius 2 is 1.68 bits per heavy atom. The number of carbonyl (C=O) groups excluding carboxylic acids is 2. The topological polar surface area (TPSA) is 58.6 Å². The van der Waals surface area contributed by atoms with Crippen molar-refractivity contribution in [1.29, 1.82) is 0 Å². The molecule has 0 radical (unpaired) electrons. The number of nitrogens with one attached hydrogen (secondary N) is 1. The first-order valence-electron chi connectivity index (χ1n) is 12.4. The van der Waals surface area contributed by atoms with Crippen molar-refractivity contribution in [3.63, 3.8) is 0 Å². The highest BCUT2D eigenvalue weighted by molar-refractivity contribution is 6.00. The molecule has 0 aliphatic heterocycles. The van der Waals surface area contributed by atoms with E-state index in [9.17, 15) is 9.59 Å². The zero-order chi connectivity index (χ0) is 25.5. The van der Waals surface area contributed by atoms with Crippen LogP contribution < -0.4 is 10.2 Å². The number of carbonyl (C=O) groups is 2. The van der Waals surface area contributed by atoms with Gasteiger partial charge in [-0.3, -0.25) is 15.0 Å². The molecule has 2 rings (SSSR count). The third kappa shape index (κ3) is 6.62. The van der Waals surface area contributed by atoms with E-state index in [-0.39, 0.29) is 23.3 Å². The van der Waals surface area contributed by atoms with Crippen molar-refractivity contribution < 1.29 is 14.3 Å². The number of methoxy groups -OCH3 is 1. The molecule has 0 heterocycles. The summed E-state index contributed by atoms with van der Waals surface area (Å²) >= 11 is 0. The van der Waals surface area contributed by atoms with Crippen LogP contribution >= 0.6 is 0 Å². The minimum atomic E-state index is -0.303. The Labute approximate surface area is 205 Å². The van der Waals surface area contributed by atoms with Gasteiger partial charge in [-0.05, 0) is 63.3 Å². The molecule has 34 heavy (non-hydrogen) atoms. The fourth-order valence-corrected chi connectivity index (χ4v) is 4.84. The number of hydrogen-bond acceptors (Lipinski definition) is 3. The van der Waals surface area contributed by atoms with E-state index < -0.39 is 0 Å². The molecule has 1 unspecified atom stereocenters. The molecule has 0 spiro atoms. The van der Waals surface area contributed by atoms with E-state index in [1.165, 1.54) is 0 Å². The molecule has 5 nitrogen and oxygen atoms in total. The number of benzene rings is 2. The Morgan fingerprint density at radius 1 is 1.03 bits per heavy atom. The maximum Gasteiger partial charge on any atom is 0.272 e. The Balaban J connectivity index is 2.57. The van der Waals surface area contributed by atoms with Crippen LogP contribution in [0.2, 0.25) is 0 Å². The van der Waals surface area contributed by atoms with Gasteiger partial charge in [-0.2, -0.15) is 0 Å². The third-order valence-electron chi connectivity index (χ3n) is 6.60. The minimum Gasteiger partial charge on any atom is -0.496 e. The van der Waals surface area contributed by atoms with Gasteiger partial charge in [0.15, 0.2) is 0 Å². The smallest absolute Gasteiger partial charge is 0.272 e. The van der Waals surface area contributed by atoms with E-state index in [1.54, 1.807) is 24.3 Å². The van der Waals surface area contributed by atoms with Gasteiger partial charge in [0, 0.05) is 16.7 Å². The second-order valence-corrected chi connectivity index (χ2v) is 10.0. The van der Waals surface area contributed by atoms with E-state index in [4.69, 9.17) is 4.74 Å². The molecule has 2 amide bonds. The van der Waals surface area contributed by atoms with Gasteiger partial charge in [0.05, 0.1) is 13.2 Å². The first kappa shape index (κ1) is 27.4. The second-order valence-electron chi connectivity index (χ2n) is 10.0. The number of aryl methyl sites for hydroxylation is 2. The fourth-order valence-electron chi connectivity index (χ4n) is 4.84. The van der Waals surface area contributed by atoms with E-state index in [0.717, 1.165) is 48.8 Å². The average molecular weight is 467 g/mol. The van der Waals surface area contributed by atoms with Gasteiger partial charge in [-0.1, -0.05) is 70.2 Å². The number of hydrogen-bond donors (Lipinski definition) is 1. The highest BCUT2D eigenvalue weighted by atomic mass is 16.5. The van der Waals surface area contributed by atoms with E-state index in [2.05, 4.69) is 39.2 Å². The Bertz CT molecular complexity index is 977. The van der Waals surface area contributed by atoms with Crippen molar-refractivity contribution >= 4 is 11.8 Å². The van der Waals surface area contributed by atoms with Crippen LogP contribution in [0.15, 0.2) is 36.4 Å². The van der Waals surface area contributed by atoms with Crippen molar-refractivity contribution in [2.24, 2.45) is 5.41 Å². The molecule has 2 aromatic carbocycles. The normalized spacial score (nSPS) is 12.2. The molecule has 0 bridgehead atoms. The van der Waals surface area contributed by atoms with Crippen molar-refractivity contribution in [1.82, 2.24) is 10.4 Å². The maximum atomic E-state index is 14.0. The molecule has 0 aliphatic carbocycles. The molecule has 186 valence electrons. The SMILES string of the molecule is CCCCC(N(NC(=O)c1cccc(OC)c1C)C(=O)c1cc(C)cc(C)c1)C(C)(C)CCC. The third-order valence-corrected chi connectivity index (χ3v) is 6.60. The van der Waals surface area contributed by atoms with Gasteiger partial charge in [0.2, 0.25) is 0 Å². The van der Waals surface area contributed by atoms with Crippen LogP contribution in [0.5, 0.6) is 5.75 Å². The van der Waals surface area contributed by atoms with E-state index in [0.29, 0.717) is 16.9 Å². The van der Waals surface area contributed by atoms with Crippen molar-refractivity contribution in [3.8, 4) is 5.75 Å². The Morgan fingerprint density at radius 3 is 2.24 bits per heavy atom. The predicted molar refractivity (Wildman–Crippen MR) is 139 cm³/mol. The highest BCUT2D eigenvalue weighted by Crippen LogP contribution is 2.34. The molecule has 0 saturated heterocycles. The van der Waals surface area contributed by atoms with Crippen LogP contribution in [0.4, 0.5) is 0 Å². The summed E-state index contributed by atoms with van der Waals surface area (Å²) in [6, 6.07) is 11.1. The number of nitrogens with zero attached hydrogens (tertiary/aromatic N) is 1. The quantitative estimate of drug-likeness (QED) is 0.392. The largest absolute Gasteiger partial charge is 0.496 e. The summed E-state index contributed by atoms with van der Waals surface area (Å²) in [6.07, 6.45) is 4.77. The lowest BCUT2D eigenvalue weighted by atomic mass is 9.77. The van der Waals surface area contributed by atoms with Gasteiger partial charge < -0.3 is 4.74 Å². The van der Waals surface area contributed by atoms with Crippen LogP contribution in [-0.2, 0) is 0 Å². The van der Waals surface area contributed by atoms with Crippen molar-refractivity contribution in [2.75, 3.05) is 7.11 Å². The van der Waals surface area contributed by atoms with Gasteiger partial charge >= 0.3 is 0 Å². The van der Waals surface area contributed by atoms with Crippen LogP contribution in [0.1, 0.15) is 97.2 Å². The number of rotatable bonds is 10. The van der Waals surface area contributed by atoms with Gasteiger partial charge in [0.1, 0.15) is 5.75 Å². The second kappa shape index (κ2) is 12.0. The lowest BCUT2D eigenvalue weighted by molar-refractivity contribution is 0.0208. The highest BCUT2D eigenvalue weighted by Gasteiger charge is 2.37. The average Bonchev–Trinajstić information content (AvgIpc) is 2.77. The summed E-state index contributed by atoms with van der Waals surface area (Å²) in [4.78, 5) is 27.5. The van der Waals surface area contributed by atoms with Crippen LogP contribution in [-0.4, -0.2) is 30.0 Å². The van der Waals surface area contributed by atoms with Crippen molar-refractivity contribution in [2.45, 2.75) is 86.6 Å². The number of amides is 2. The maximum absolute atomic E-state index is 14.0. The van der Waals surface area contributed by atoms with Gasteiger partial charge in [-0.25, -0.2) is 5.01 Å². The molecule has 5 heteroatoms. The molecular weight excluding hydrogens is 424 g/mol. The minimum absolute atomic E-state index is 0.143. The van der Waals surface area contributed by atoms with Gasteiger partial charge in [0.25, 0.3) is 11.8 Å². The summed E-state index contributed by atoms with van der Waals surface area (Å²) < 4.78 is 5.41. The van der Waals surface area contributed by atoms with Crippen LogP contribution in [0, 0.1) is 26.2 Å². The fraction of sp³-hybridized carbons (Fsp3) is 0.517. The predicted octanol–water partition coefficient (Wildman–Crippen LogP) is 6.79. The lowest BCUT2D eigenvalue weighted by Gasteiger charge is -2.42. The monoisotopic (exact) mass is 466 g/mol. The van der Waals surface area contributed by atoms with E-state index in [1.807, 2.05) is 39.0 Å². The summed E-state index contributed by atoms with van der Waals surface area (Å²) in [5.41, 5.74) is 6.74. The molecule has 2 aromatic rings. The first-order valence-corrected chi connectivity index (χ1v) is 12.4. The molecule has 0 aromatic heterocycles. The molecular formula is C29H42N2O3. The Hall–Kier alpha value is -2.82. The van der Waals surface area contributed by atoms with Gasteiger partial charge in [-0.15, -0.1) is 0 Å². The Kier molecular flexibility index (Phi) is 9.72. The summed E-state index contributed by atoms with van der Waals surface area (Å²) in [7, 11) is 1.59. The summed E-state index contributed by atoms with van der Waals surface area (Å²) in [5.74, 6) is 0.169. The first-order chi connectivity index (χ1) is 16.0. The zero-order valence-corrected chi connectivity index (χ0v) is 22.2. The molecule has 1 atom stereocenters. The number of ether oxygens (including phenoxy) is 1. The summed E-state index contributed by atoms with van der Waals surface area (Å²) in [5, 5.41) is 1.61. The number of hydrazine groups is 1. The molecule has 0 aliphatic rings. The molecule has 0 saturated carbocycles. The molecule has 0 fully saturated rings. The van der Waals surface area contributed by atoms with Crippen LogP contribution in [0.25, 0.3) is 0 Å². The summed E-state index contributed by atoms with van der Waals surface area (Å²) in [6.45, 7) is 14.5. The van der Waals surface area contributed by atoms with Crippen molar-refractivity contribution in [3.05, 3.63) is 64.2 Å². The standard InChI is InChI=1S/C29H42N2O3/c1-9-11-15-26(29(6,7)16-10-2)31(28(33)23-18-20(3)17-21(4)19-23)30-27(32)24-13-12-14-25(34-8)22(24)5/h12-14,17-19,26H,9-11,15-16H2,1-8H3,(H,30,32).